The molecule has 1 heterocycles. The zero-order chi connectivity index (χ0) is 27.5. The van der Waals surface area contributed by atoms with Gasteiger partial charge in [0.05, 0.1) is 12.5 Å². The highest BCUT2D eigenvalue weighted by Crippen LogP contribution is 2.31. The number of carbonyl (C=O) groups is 2. The van der Waals surface area contributed by atoms with Crippen LogP contribution in [0.2, 0.25) is 25.7 Å². The van der Waals surface area contributed by atoms with E-state index in [2.05, 4.69) is 42.1 Å². The lowest BCUT2D eigenvalue weighted by molar-refractivity contribution is -0.148. The standard InChI is InChI=1S/C28H42N4O4Si/c1-28(2,27(34)35-3)23(15-14-22-11-8-7-9-12-22)13-10-16-30-26(33)25-31-24(19-29)20-32(25)21-36-17-18-37(4,5)6/h10-11,13,15,20H,7-9,12,14,16-18,21H2,1-6H3,(H,30,33)/b13-10-,23-15+. The molecule has 1 amide bonds. The summed E-state index contributed by atoms with van der Waals surface area (Å²) in [6, 6.07) is 2.99. The fraction of sp³-hybridized carbons (Fsp3) is 0.571. The molecule has 1 aliphatic carbocycles. The maximum atomic E-state index is 12.8. The Kier molecular flexibility index (Phi) is 11.5. The fourth-order valence-electron chi connectivity index (χ4n) is 3.94. The highest BCUT2D eigenvalue weighted by Gasteiger charge is 2.31. The van der Waals surface area contributed by atoms with Crippen LogP contribution in [0.15, 0.2) is 41.6 Å². The molecule has 1 aliphatic rings. The quantitative estimate of drug-likeness (QED) is 0.122. The first-order valence-electron chi connectivity index (χ1n) is 12.9. The van der Waals surface area contributed by atoms with E-state index in [1.54, 1.807) is 4.57 Å². The van der Waals surface area contributed by atoms with Gasteiger partial charge in [0.2, 0.25) is 5.82 Å². The Balaban J connectivity index is 2.06. The highest BCUT2D eigenvalue weighted by molar-refractivity contribution is 6.76. The third-order valence-electron chi connectivity index (χ3n) is 6.39. The van der Waals surface area contributed by atoms with Gasteiger partial charge in [-0.1, -0.05) is 49.5 Å². The zero-order valence-electron chi connectivity index (χ0n) is 23.2. The number of esters is 1. The van der Waals surface area contributed by atoms with Crippen LogP contribution < -0.4 is 5.32 Å². The Hall–Kier alpha value is -2.96. The van der Waals surface area contributed by atoms with E-state index in [0.717, 1.165) is 30.9 Å². The van der Waals surface area contributed by atoms with E-state index >= 15 is 0 Å². The van der Waals surface area contributed by atoms with Gasteiger partial charge in [-0.3, -0.25) is 9.59 Å². The normalized spacial score (nSPS) is 14.8. The first-order valence-corrected chi connectivity index (χ1v) is 16.7. The molecule has 0 fully saturated rings. The van der Waals surface area contributed by atoms with Gasteiger partial charge in [0.1, 0.15) is 12.8 Å². The Morgan fingerprint density at radius 2 is 2.05 bits per heavy atom. The number of amides is 1. The van der Waals surface area contributed by atoms with Crippen LogP contribution in [0.25, 0.3) is 0 Å². The maximum absolute atomic E-state index is 12.8. The molecule has 0 spiro atoms. The van der Waals surface area contributed by atoms with Gasteiger partial charge in [-0.15, -0.1) is 0 Å². The average molecular weight is 527 g/mol. The molecule has 0 saturated heterocycles. The van der Waals surface area contributed by atoms with Crippen LogP contribution in [-0.4, -0.2) is 49.8 Å². The number of aromatic nitrogens is 2. The third kappa shape index (κ3) is 9.78. The summed E-state index contributed by atoms with van der Waals surface area (Å²) in [5, 5.41) is 12.1. The SMILES string of the molecule is COC(=O)C(C)(C)C(/C=C\CNC(=O)c1nc(C#N)cn1COCC[Si](C)(C)C)=C/CC1=CCCCC1. The number of allylic oxidation sites excluding steroid dienone is 4. The van der Waals surface area contributed by atoms with Gasteiger partial charge in [0.25, 0.3) is 5.91 Å². The molecule has 2 rings (SSSR count). The summed E-state index contributed by atoms with van der Waals surface area (Å²) < 4.78 is 12.3. The zero-order valence-corrected chi connectivity index (χ0v) is 24.2. The number of imidazole rings is 1. The number of carbonyl (C=O) groups excluding carboxylic acids is 2. The molecule has 202 valence electrons. The van der Waals surface area contributed by atoms with Gasteiger partial charge in [0, 0.05) is 27.4 Å². The minimum atomic E-state index is -1.23. The average Bonchev–Trinajstić information content (AvgIpc) is 3.28. The lowest BCUT2D eigenvalue weighted by atomic mass is 9.82. The summed E-state index contributed by atoms with van der Waals surface area (Å²) in [5.74, 6) is -0.580. The molecule has 0 bridgehead atoms. The predicted octanol–water partition coefficient (Wildman–Crippen LogP) is 5.37. The molecule has 1 aromatic rings. The van der Waals surface area contributed by atoms with E-state index in [-0.39, 0.29) is 30.8 Å². The number of ether oxygens (including phenoxy) is 2. The van der Waals surface area contributed by atoms with Crippen LogP contribution >= 0.6 is 0 Å². The number of hydrogen-bond donors (Lipinski definition) is 1. The number of nitriles is 1. The van der Waals surface area contributed by atoms with Gasteiger partial charge in [0.15, 0.2) is 5.69 Å². The van der Waals surface area contributed by atoms with Crippen molar-refractivity contribution in [3.8, 4) is 6.07 Å². The molecule has 8 nitrogen and oxygen atoms in total. The monoisotopic (exact) mass is 526 g/mol. The predicted molar refractivity (Wildman–Crippen MR) is 148 cm³/mol. The molecule has 9 heteroatoms. The van der Waals surface area contributed by atoms with E-state index in [0.29, 0.717) is 6.61 Å². The molecule has 0 radical (unpaired) electrons. The summed E-state index contributed by atoms with van der Waals surface area (Å²) >= 11 is 0. The van der Waals surface area contributed by atoms with Crippen LogP contribution in [0.1, 0.15) is 62.3 Å². The van der Waals surface area contributed by atoms with Crippen LogP contribution in [0.5, 0.6) is 0 Å². The topological polar surface area (TPSA) is 106 Å². The number of rotatable bonds is 13. The van der Waals surface area contributed by atoms with Crippen molar-refractivity contribution in [3.05, 3.63) is 53.2 Å². The first-order chi connectivity index (χ1) is 17.5. The van der Waals surface area contributed by atoms with Crippen molar-refractivity contribution in [1.82, 2.24) is 14.9 Å². The van der Waals surface area contributed by atoms with Crippen molar-refractivity contribution in [2.45, 2.75) is 78.4 Å². The van der Waals surface area contributed by atoms with E-state index in [4.69, 9.17) is 9.47 Å². The van der Waals surface area contributed by atoms with E-state index in [9.17, 15) is 14.9 Å². The summed E-state index contributed by atoms with van der Waals surface area (Å²) in [5.41, 5.74) is 1.56. The molecular weight excluding hydrogens is 484 g/mol. The second-order valence-electron chi connectivity index (χ2n) is 11.1. The molecule has 1 aromatic heterocycles. The Bertz CT molecular complexity index is 1070. The molecule has 1 N–H and O–H groups in total. The maximum Gasteiger partial charge on any atom is 0.315 e. The molecular formula is C28H42N4O4Si. The minimum absolute atomic E-state index is 0.132. The molecule has 0 aromatic carbocycles. The summed E-state index contributed by atoms with van der Waals surface area (Å²) in [6.07, 6.45) is 15.0. The van der Waals surface area contributed by atoms with Crippen molar-refractivity contribution in [1.29, 1.82) is 5.26 Å². The van der Waals surface area contributed by atoms with E-state index < -0.39 is 19.4 Å². The Labute approximate surface area is 222 Å². The summed E-state index contributed by atoms with van der Waals surface area (Å²) in [7, 11) is 0.162. The van der Waals surface area contributed by atoms with Crippen LogP contribution in [-0.2, 0) is 21.0 Å². The van der Waals surface area contributed by atoms with Gasteiger partial charge in [-0.2, -0.15) is 5.26 Å². The van der Waals surface area contributed by atoms with Crippen molar-refractivity contribution >= 4 is 20.0 Å². The number of methoxy groups -OCH3 is 1. The number of nitrogens with one attached hydrogen (secondary N) is 1. The molecule has 0 aliphatic heterocycles. The second-order valence-corrected chi connectivity index (χ2v) is 16.7. The summed E-state index contributed by atoms with van der Waals surface area (Å²) in [6.45, 7) is 11.5. The van der Waals surface area contributed by atoms with Crippen molar-refractivity contribution in [2.75, 3.05) is 20.3 Å². The van der Waals surface area contributed by atoms with Crippen LogP contribution in [0.4, 0.5) is 0 Å². The summed E-state index contributed by atoms with van der Waals surface area (Å²) in [4.78, 5) is 29.4. The molecule has 0 unspecified atom stereocenters. The molecule has 37 heavy (non-hydrogen) atoms. The molecule has 0 saturated carbocycles. The van der Waals surface area contributed by atoms with Gasteiger partial charge < -0.3 is 19.4 Å². The Morgan fingerprint density at radius 3 is 2.68 bits per heavy atom. The largest absolute Gasteiger partial charge is 0.468 e. The lowest BCUT2D eigenvalue weighted by Gasteiger charge is -2.24. The fourth-order valence-corrected chi connectivity index (χ4v) is 4.70. The van der Waals surface area contributed by atoms with Gasteiger partial charge >= 0.3 is 5.97 Å². The smallest absolute Gasteiger partial charge is 0.315 e. The number of hydrogen-bond acceptors (Lipinski definition) is 6. The third-order valence-corrected chi connectivity index (χ3v) is 8.09. The van der Waals surface area contributed by atoms with Gasteiger partial charge in [-0.25, -0.2) is 4.98 Å². The molecule has 0 atom stereocenters. The van der Waals surface area contributed by atoms with Crippen molar-refractivity contribution < 1.29 is 19.1 Å². The highest BCUT2D eigenvalue weighted by atomic mass is 28.3. The van der Waals surface area contributed by atoms with Crippen LogP contribution in [0.3, 0.4) is 0 Å². The number of nitrogens with zero attached hydrogens (tertiary/aromatic N) is 3. The Morgan fingerprint density at radius 1 is 1.30 bits per heavy atom. The van der Waals surface area contributed by atoms with E-state index in [1.807, 2.05) is 32.1 Å². The van der Waals surface area contributed by atoms with Crippen molar-refractivity contribution in [3.63, 3.8) is 0 Å². The minimum Gasteiger partial charge on any atom is -0.468 e. The van der Waals surface area contributed by atoms with Crippen molar-refractivity contribution in [2.24, 2.45) is 5.41 Å². The first kappa shape index (κ1) is 30.3. The lowest BCUT2D eigenvalue weighted by Crippen LogP contribution is -2.28. The van der Waals surface area contributed by atoms with Crippen LogP contribution in [0, 0.1) is 16.7 Å². The van der Waals surface area contributed by atoms with Gasteiger partial charge in [-0.05, 0) is 57.6 Å². The van der Waals surface area contributed by atoms with E-state index in [1.165, 1.54) is 31.7 Å². The second kappa shape index (κ2) is 14.1.